The van der Waals surface area contributed by atoms with Crippen molar-refractivity contribution in [3.8, 4) is 17.2 Å². The number of sulfonamides is 1. The Kier molecular flexibility index (Phi) is 5.61. The molecule has 4 rings (SSSR count). The first-order valence-corrected chi connectivity index (χ1v) is 11.6. The minimum atomic E-state index is -3.50. The summed E-state index contributed by atoms with van der Waals surface area (Å²) in [7, 11) is 4.40. The Balaban J connectivity index is 1.79. The fraction of sp³-hybridized carbons (Fsp3) is 0.391. The van der Waals surface area contributed by atoms with E-state index in [2.05, 4.69) is 17.5 Å². The highest BCUT2D eigenvalue weighted by Crippen LogP contribution is 2.52. The van der Waals surface area contributed by atoms with Crippen molar-refractivity contribution in [2.24, 2.45) is 5.92 Å². The molecule has 0 spiro atoms. The van der Waals surface area contributed by atoms with Crippen molar-refractivity contribution in [1.29, 1.82) is 0 Å². The molecular formula is C23H28N2O5S. The lowest BCUT2D eigenvalue weighted by Gasteiger charge is -2.38. The number of nitrogens with one attached hydrogen (secondary N) is 1. The molecule has 0 radical (unpaired) electrons. The molecule has 31 heavy (non-hydrogen) atoms. The molecule has 166 valence electrons. The predicted octanol–water partition coefficient (Wildman–Crippen LogP) is 3.79. The molecule has 0 saturated heterocycles. The van der Waals surface area contributed by atoms with Crippen LogP contribution in [0.25, 0.3) is 0 Å². The van der Waals surface area contributed by atoms with Gasteiger partial charge in [-0.15, -0.1) is 0 Å². The first-order valence-electron chi connectivity index (χ1n) is 10.1. The van der Waals surface area contributed by atoms with Crippen LogP contribution in [0.2, 0.25) is 0 Å². The first kappa shape index (κ1) is 21.5. The smallest absolute Gasteiger partial charge is 0.242 e. The van der Waals surface area contributed by atoms with Crippen LogP contribution in [0, 0.1) is 5.92 Å². The van der Waals surface area contributed by atoms with E-state index in [0.717, 1.165) is 23.2 Å². The summed E-state index contributed by atoms with van der Waals surface area (Å²) in [5, 5.41) is 3.63. The van der Waals surface area contributed by atoms with E-state index in [1.54, 1.807) is 47.6 Å². The monoisotopic (exact) mass is 444 g/mol. The van der Waals surface area contributed by atoms with E-state index >= 15 is 0 Å². The van der Waals surface area contributed by atoms with Gasteiger partial charge in [-0.05, 0) is 53.8 Å². The number of methoxy groups -OCH3 is 3. The largest absolute Gasteiger partial charge is 0.493 e. The molecule has 1 N–H and O–H groups in total. The van der Waals surface area contributed by atoms with Gasteiger partial charge in [0.05, 0.1) is 32.3 Å². The molecule has 0 saturated carbocycles. The SMILES string of the molecule is COc1cc(C2Nc3ccc(S(=O)(=O)N(C)C)cc3C3C=CCC32)cc(OC)c1OC. The third-order valence-electron chi connectivity index (χ3n) is 6.16. The predicted molar refractivity (Wildman–Crippen MR) is 120 cm³/mol. The number of anilines is 1. The lowest BCUT2D eigenvalue weighted by atomic mass is 9.77. The number of hydrogen-bond donors (Lipinski definition) is 1. The molecule has 7 nitrogen and oxygen atoms in total. The van der Waals surface area contributed by atoms with Crippen molar-refractivity contribution >= 4 is 15.7 Å². The van der Waals surface area contributed by atoms with Gasteiger partial charge in [0.25, 0.3) is 0 Å². The second-order valence-electron chi connectivity index (χ2n) is 7.97. The Morgan fingerprint density at radius 1 is 1.00 bits per heavy atom. The van der Waals surface area contributed by atoms with Crippen LogP contribution in [-0.4, -0.2) is 48.1 Å². The fourth-order valence-electron chi connectivity index (χ4n) is 4.55. The summed E-state index contributed by atoms with van der Waals surface area (Å²) in [6.45, 7) is 0. The zero-order chi connectivity index (χ0) is 22.3. The molecular weight excluding hydrogens is 416 g/mol. The number of fused-ring (bicyclic) bond motifs is 3. The number of allylic oxidation sites excluding steroid dienone is 2. The molecule has 0 aromatic heterocycles. The molecule has 0 bridgehead atoms. The molecule has 2 aliphatic rings. The maximum atomic E-state index is 12.6. The Hall–Kier alpha value is -2.71. The summed E-state index contributed by atoms with van der Waals surface area (Å²) in [4.78, 5) is 0.309. The van der Waals surface area contributed by atoms with Crippen molar-refractivity contribution in [2.75, 3.05) is 40.7 Å². The quantitative estimate of drug-likeness (QED) is 0.683. The maximum absolute atomic E-state index is 12.6. The maximum Gasteiger partial charge on any atom is 0.242 e. The van der Waals surface area contributed by atoms with Gasteiger partial charge in [-0.1, -0.05) is 12.2 Å². The fourth-order valence-corrected chi connectivity index (χ4v) is 5.49. The van der Waals surface area contributed by atoms with Crippen LogP contribution in [-0.2, 0) is 10.0 Å². The standard InChI is InChI=1S/C23H28N2O5S/c1-25(2)31(26,27)15-9-10-19-18(13-15)16-7-6-8-17(16)22(24-19)14-11-20(28-3)23(30-5)21(12-14)29-4/h6-7,9-13,16-17,22,24H,8H2,1-5H3. The second-order valence-corrected chi connectivity index (χ2v) is 10.1. The average Bonchev–Trinajstić information content (AvgIpc) is 3.27. The molecule has 0 fully saturated rings. The van der Waals surface area contributed by atoms with E-state index in [1.165, 1.54) is 4.31 Å². The molecule has 1 heterocycles. The zero-order valence-corrected chi connectivity index (χ0v) is 19.2. The number of nitrogens with zero attached hydrogens (tertiary/aromatic N) is 1. The van der Waals surface area contributed by atoms with E-state index in [9.17, 15) is 8.42 Å². The van der Waals surface area contributed by atoms with Gasteiger partial charge in [-0.25, -0.2) is 12.7 Å². The van der Waals surface area contributed by atoms with Crippen LogP contribution < -0.4 is 19.5 Å². The minimum absolute atomic E-state index is 0.0116. The minimum Gasteiger partial charge on any atom is -0.493 e. The third-order valence-corrected chi connectivity index (χ3v) is 7.97. The van der Waals surface area contributed by atoms with Gasteiger partial charge in [0.15, 0.2) is 11.5 Å². The summed E-state index contributed by atoms with van der Waals surface area (Å²) >= 11 is 0. The number of hydrogen-bond acceptors (Lipinski definition) is 6. The van der Waals surface area contributed by atoms with Gasteiger partial charge in [-0.2, -0.15) is 0 Å². The second kappa shape index (κ2) is 8.09. The van der Waals surface area contributed by atoms with E-state index in [1.807, 2.05) is 18.2 Å². The van der Waals surface area contributed by atoms with Crippen molar-refractivity contribution in [3.05, 3.63) is 53.6 Å². The average molecular weight is 445 g/mol. The number of benzene rings is 2. The van der Waals surface area contributed by atoms with Crippen molar-refractivity contribution in [1.82, 2.24) is 4.31 Å². The zero-order valence-electron chi connectivity index (χ0n) is 18.4. The van der Waals surface area contributed by atoms with Crippen LogP contribution in [0.1, 0.15) is 29.5 Å². The summed E-state index contributed by atoms with van der Waals surface area (Å²) in [6, 6.07) is 9.29. The molecule has 3 unspecified atom stereocenters. The van der Waals surface area contributed by atoms with Gasteiger partial charge in [0, 0.05) is 25.7 Å². The van der Waals surface area contributed by atoms with Crippen LogP contribution in [0.5, 0.6) is 17.2 Å². The van der Waals surface area contributed by atoms with Crippen LogP contribution in [0.15, 0.2) is 47.4 Å². The number of ether oxygens (including phenoxy) is 3. The van der Waals surface area contributed by atoms with Gasteiger partial charge in [0.1, 0.15) is 0 Å². The van der Waals surface area contributed by atoms with Crippen LogP contribution in [0.3, 0.4) is 0 Å². The summed E-state index contributed by atoms with van der Waals surface area (Å²) < 4.78 is 43.1. The Bertz CT molecular complexity index is 1100. The lowest BCUT2D eigenvalue weighted by Crippen LogP contribution is -2.30. The highest BCUT2D eigenvalue weighted by Gasteiger charge is 2.39. The highest BCUT2D eigenvalue weighted by molar-refractivity contribution is 7.89. The topological polar surface area (TPSA) is 77.1 Å². The van der Waals surface area contributed by atoms with E-state index in [0.29, 0.717) is 22.1 Å². The van der Waals surface area contributed by atoms with Gasteiger partial charge >= 0.3 is 0 Å². The molecule has 8 heteroatoms. The van der Waals surface area contributed by atoms with Gasteiger partial charge in [-0.3, -0.25) is 0 Å². The molecule has 0 amide bonds. The van der Waals surface area contributed by atoms with Gasteiger partial charge < -0.3 is 19.5 Å². The lowest BCUT2D eigenvalue weighted by molar-refractivity contribution is 0.322. The Morgan fingerprint density at radius 2 is 1.68 bits per heavy atom. The molecule has 2 aromatic carbocycles. The molecule has 3 atom stereocenters. The third kappa shape index (κ3) is 3.53. The van der Waals surface area contributed by atoms with Crippen LogP contribution >= 0.6 is 0 Å². The van der Waals surface area contributed by atoms with Crippen molar-refractivity contribution in [3.63, 3.8) is 0 Å². The molecule has 1 aliphatic heterocycles. The highest BCUT2D eigenvalue weighted by atomic mass is 32.2. The van der Waals surface area contributed by atoms with Crippen molar-refractivity contribution < 1.29 is 22.6 Å². The Labute approximate surface area is 183 Å². The van der Waals surface area contributed by atoms with E-state index in [4.69, 9.17) is 14.2 Å². The summed E-state index contributed by atoms with van der Waals surface area (Å²) in [5.41, 5.74) is 2.97. The Morgan fingerprint density at radius 3 is 2.26 bits per heavy atom. The van der Waals surface area contributed by atoms with Gasteiger partial charge in [0.2, 0.25) is 15.8 Å². The summed E-state index contributed by atoms with van der Waals surface area (Å²) in [5.74, 6) is 2.15. The van der Waals surface area contributed by atoms with Crippen molar-refractivity contribution in [2.45, 2.75) is 23.3 Å². The van der Waals surface area contributed by atoms with Crippen LogP contribution in [0.4, 0.5) is 5.69 Å². The summed E-state index contributed by atoms with van der Waals surface area (Å²) in [6.07, 6.45) is 5.24. The molecule has 2 aromatic rings. The number of rotatable bonds is 6. The molecule has 1 aliphatic carbocycles. The normalized spacial score (nSPS) is 21.9. The van der Waals surface area contributed by atoms with E-state index in [-0.39, 0.29) is 17.9 Å². The van der Waals surface area contributed by atoms with E-state index < -0.39 is 10.0 Å². The first-order chi connectivity index (χ1) is 14.8.